The molecule has 2 aliphatic rings. The van der Waals surface area contributed by atoms with Crippen LogP contribution in [-0.2, 0) is 24.3 Å². The van der Waals surface area contributed by atoms with Crippen LogP contribution >= 0.6 is 0 Å². The Morgan fingerprint density at radius 3 is 2.78 bits per heavy atom. The molecule has 7 heteroatoms. The molecule has 1 atom stereocenters. The van der Waals surface area contributed by atoms with Crippen LogP contribution in [0.25, 0.3) is 0 Å². The molecular weight excluding hydrogens is 344 g/mol. The summed E-state index contributed by atoms with van der Waals surface area (Å²) in [6.45, 7) is 2.16. The number of hydrogen-bond donors (Lipinski definition) is 1. The van der Waals surface area contributed by atoms with Gasteiger partial charge in [0.15, 0.2) is 0 Å². The first-order valence-electron chi connectivity index (χ1n) is 9.83. The molecule has 1 aliphatic heterocycles. The van der Waals surface area contributed by atoms with Gasteiger partial charge in [0.25, 0.3) is 0 Å². The summed E-state index contributed by atoms with van der Waals surface area (Å²) in [5.41, 5.74) is -0.110. The number of ether oxygens (including phenoxy) is 1. The Hall–Kier alpha value is -2.57. The van der Waals surface area contributed by atoms with Gasteiger partial charge in [-0.3, -0.25) is 9.36 Å². The average Bonchev–Trinajstić information content (AvgIpc) is 3.49. The number of nitrogens with zero attached hydrogens (tertiary/aromatic N) is 3. The van der Waals surface area contributed by atoms with E-state index in [0.717, 1.165) is 24.5 Å². The summed E-state index contributed by atoms with van der Waals surface area (Å²) < 4.78 is 8.86. The second kappa shape index (κ2) is 7.98. The lowest BCUT2D eigenvalue weighted by molar-refractivity contribution is -0.125. The lowest BCUT2D eigenvalue weighted by Gasteiger charge is -2.13. The van der Waals surface area contributed by atoms with Crippen molar-refractivity contribution < 1.29 is 9.53 Å². The summed E-state index contributed by atoms with van der Waals surface area (Å²) in [7, 11) is 0. The Labute approximate surface area is 158 Å². The van der Waals surface area contributed by atoms with E-state index >= 15 is 0 Å². The Kier molecular flexibility index (Phi) is 5.27. The number of fused-ring (bicyclic) bond motifs is 1. The Bertz CT molecular complexity index is 839. The van der Waals surface area contributed by atoms with Crippen molar-refractivity contribution in [1.82, 2.24) is 19.7 Å². The minimum Gasteiger partial charge on any atom is -0.492 e. The molecule has 1 unspecified atom stereocenters. The number of para-hydroxylation sites is 1. The van der Waals surface area contributed by atoms with Gasteiger partial charge in [-0.25, -0.2) is 9.48 Å². The summed E-state index contributed by atoms with van der Waals surface area (Å²) >= 11 is 0. The first-order chi connectivity index (χ1) is 13.2. The highest BCUT2D eigenvalue weighted by Crippen LogP contribution is 2.28. The number of amides is 1. The van der Waals surface area contributed by atoms with Gasteiger partial charge in [-0.1, -0.05) is 18.2 Å². The van der Waals surface area contributed by atoms with Crippen molar-refractivity contribution in [2.45, 2.75) is 45.2 Å². The van der Waals surface area contributed by atoms with E-state index in [1.165, 1.54) is 17.5 Å². The van der Waals surface area contributed by atoms with E-state index in [2.05, 4.69) is 10.4 Å². The van der Waals surface area contributed by atoms with Gasteiger partial charge in [-0.15, -0.1) is 0 Å². The highest BCUT2D eigenvalue weighted by Gasteiger charge is 2.27. The lowest BCUT2D eigenvalue weighted by Crippen LogP contribution is -2.33. The van der Waals surface area contributed by atoms with E-state index < -0.39 is 0 Å². The molecule has 1 aromatic carbocycles. The van der Waals surface area contributed by atoms with E-state index in [1.54, 1.807) is 4.57 Å². The van der Waals surface area contributed by atoms with Gasteiger partial charge < -0.3 is 10.1 Å². The first-order valence-corrected chi connectivity index (χ1v) is 9.83. The zero-order chi connectivity index (χ0) is 18.6. The van der Waals surface area contributed by atoms with Crippen molar-refractivity contribution in [2.75, 3.05) is 13.2 Å². The number of nitrogens with one attached hydrogen (secondary N) is 1. The molecule has 1 saturated carbocycles. The topological polar surface area (TPSA) is 78.2 Å². The zero-order valence-corrected chi connectivity index (χ0v) is 15.5. The second-order valence-electron chi connectivity index (χ2n) is 7.45. The third-order valence-electron chi connectivity index (χ3n) is 5.36. The minimum absolute atomic E-state index is 0.0280. The molecule has 0 bridgehead atoms. The van der Waals surface area contributed by atoms with Crippen molar-refractivity contribution in [3.63, 3.8) is 0 Å². The monoisotopic (exact) mass is 370 g/mol. The Morgan fingerprint density at radius 1 is 1.19 bits per heavy atom. The van der Waals surface area contributed by atoms with E-state index in [1.807, 2.05) is 30.3 Å². The van der Waals surface area contributed by atoms with Crippen LogP contribution in [0.3, 0.4) is 0 Å². The number of carbonyl (C=O) groups excluding carboxylic acids is 1. The maximum absolute atomic E-state index is 12.6. The van der Waals surface area contributed by atoms with Crippen molar-refractivity contribution in [3.05, 3.63) is 46.6 Å². The molecule has 0 saturated heterocycles. The summed E-state index contributed by atoms with van der Waals surface area (Å²) in [5, 5.41) is 7.54. The Balaban J connectivity index is 1.32. The first kappa shape index (κ1) is 17.8. The number of aromatic nitrogens is 3. The van der Waals surface area contributed by atoms with Gasteiger partial charge in [0.2, 0.25) is 5.91 Å². The van der Waals surface area contributed by atoms with E-state index in [0.29, 0.717) is 38.5 Å². The molecule has 4 rings (SSSR count). The molecule has 27 heavy (non-hydrogen) atoms. The van der Waals surface area contributed by atoms with Gasteiger partial charge in [0.1, 0.15) is 18.2 Å². The molecule has 2 aromatic rings. The van der Waals surface area contributed by atoms with Crippen LogP contribution in [0, 0.1) is 11.8 Å². The normalized spacial score (nSPS) is 19.2. The van der Waals surface area contributed by atoms with Crippen LogP contribution in [0.4, 0.5) is 0 Å². The van der Waals surface area contributed by atoms with Crippen LogP contribution in [0.1, 0.15) is 31.5 Å². The highest BCUT2D eigenvalue weighted by atomic mass is 16.5. The van der Waals surface area contributed by atoms with Crippen LogP contribution in [-0.4, -0.2) is 33.4 Å². The molecule has 1 N–H and O–H groups in total. The number of hydrogen-bond acceptors (Lipinski definition) is 4. The van der Waals surface area contributed by atoms with Gasteiger partial charge in [-0.05, 0) is 43.7 Å². The SMILES string of the molecule is O=C(NCC1CC1)C1CCc2nn(CCOc3ccccc3)c(=O)n2CC1. The fourth-order valence-electron chi connectivity index (χ4n) is 3.51. The summed E-state index contributed by atoms with van der Waals surface area (Å²) in [4.78, 5) is 25.0. The Morgan fingerprint density at radius 2 is 2.00 bits per heavy atom. The maximum atomic E-state index is 12.6. The lowest BCUT2D eigenvalue weighted by atomic mass is 9.99. The molecule has 1 aliphatic carbocycles. The van der Waals surface area contributed by atoms with Crippen molar-refractivity contribution in [2.24, 2.45) is 11.8 Å². The molecule has 144 valence electrons. The number of aryl methyl sites for hydroxylation is 1. The summed E-state index contributed by atoms with van der Waals surface area (Å²) in [6.07, 6.45) is 4.55. The average molecular weight is 370 g/mol. The van der Waals surface area contributed by atoms with Crippen molar-refractivity contribution >= 4 is 5.91 Å². The van der Waals surface area contributed by atoms with E-state index in [-0.39, 0.29) is 17.5 Å². The number of benzene rings is 1. The summed E-state index contributed by atoms with van der Waals surface area (Å²) in [6, 6.07) is 9.54. The predicted octanol–water partition coefficient (Wildman–Crippen LogP) is 1.60. The van der Waals surface area contributed by atoms with Crippen molar-refractivity contribution in [3.8, 4) is 5.75 Å². The molecular formula is C20H26N4O3. The second-order valence-corrected chi connectivity index (χ2v) is 7.45. The van der Waals surface area contributed by atoms with Crippen LogP contribution in [0.5, 0.6) is 5.75 Å². The molecule has 0 spiro atoms. The molecule has 1 aromatic heterocycles. The number of rotatable bonds is 7. The fraction of sp³-hybridized carbons (Fsp3) is 0.550. The highest BCUT2D eigenvalue weighted by molar-refractivity contribution is 5.78. The molecule has 0 radical (unpaired) electrons. The van der Waals surface area contributed by atoms with Gasteiger partial charge >= 0.3 is 5.69 Å². The largest absolute Gasteiger partial charge is 0.492 e. The quantitative estimate of drug-likeness (QED) is 0.803. The standard InChI is InChI=1S/C20H26N4O3/c25-19(21-14-15-6-7-15)16-8-9-18-22-24(20(26)23(18)11-10-16)12-13-27-17-4-2-1-3-5-17/h1-5,15-16H,6-14H2,(H,21,25). The maximum Gasteiger partial charge on any atom is 0.346 e. The number of carbonyl (C=O) groups is 1. The van der Waals surface area contributed by atoms with Gasteiger partial charge in [0, 0.05) is 25.4 Å². The fourth-order valence-corrected chi connectivity index (χ4v) is 3.51. The van der Waals surface area contributed by atoms with Gasteiger partial charge in [-0.2, -0.15) is 5.10 Å². The summed E-state index contributed by atoms with van der Waals surface area (Å²) in [5.74, 6) is 2.34. The van der Waals surface area contributed by atoms with Gasteiger partial charge in [0.05, 0.1) is 6.54 Å². The van der Waals surface area contributed by atoms with Crippen LogP contribution in [0.15, 0.2) is 35.1 Å². The van der Waals surface area contributed by atoms with Crippen LogP contribution in [0.2, 0.25) is 0 Å². The smallest absolute Gasteiger partial charge is 0.346 e. The zero-order valence-electron chi connectivity index (χ0n) is 15.5. The molecule has 7 nitrogen and oxygen atoms in total. The predicted molar refractivity (Wildman–Crippen MR) is 101 cm³/mol. The van der Waals surface area contributed by atoms with Crippen LogP contribution < -0.4 is 15.7 Å². The molecule has 2 heterocycles. The van der Waals surface area contributed by atoms with E-state index in [4.69, 9.17) is 4.74 Å². The van der Waals surface area contributed by atoms with Crippen molar-refractivity contribution in [1.29, 1.82) is 0 Å². The third-order valence-corrected chi connectivity index (χ3v) is 5.36. The van der Waals surface area contributed by atoms with E-state index in [9.17, 15) is 9.59 Å². The molecule has 1 fully saturated rings. The molecule has 1 amide bonds. The third kappa shape index (κ3) is 4.40. The minimum atomic E-state index is -0.110.